The Labute approximate surface area is 180 Å². The SMILES string of the molecule is CCNC(=NCc1ccccc1-c1ccc(Cn2ccnc2)cc1)NCCC(F)(F)F. The molecule has 0 saturated carbocycles. The Balaban J connectivity index is 1.70. The van der Waals surface area contributed by atoms with Crippen molar-refractivity contribution in [3.8, 4) is 11.1 Å². The van der Waals surface area contributed by atoms with Crippen LogP contribution in [0.3, 0.4) is 0 Å². The van der Waals surface area contributed by atoms with E-state index in [9.17, 15) is 13.2 Å². The second kappa shape index (κ2) is 10.7. The number of rotatable bonds is 8. The van der Waals surface area contributed by atoms with Crippen LogP contribution < -0.4 is 10.6 Å². The molecule has 0 aliphatic carbocycles. The van der Waals surface area contributed by atoms with Gasteiger partial charge in [-0.15, -0.1) is 0 Å². The van der Waals surface area contributed by atoms with Gasteiger partial charge in [0.05, 0.1) is 19.3 Å². The molecule has 3 rings (SSSR count). The maximum Gasteiger partial charge on any atom is 0.390 e. The van der Waals surface area contributed by atoms with Gasteiger partial charge < -0.3 is 15.2 Å². The van der Waals surface area contributed by atoms with Crippen LogP contribution in [0.1, 0.15) is 24.5 Å². The van der Waals surface area contributed by atoms with E-state index in [1.807, 2.05) is 42.0 Å². The predicted molar refractivity (Wildman–Crippen MR) is 117 cm³/mol. The standard InChI is InChI=1S/C23H26F3N5/c1-2-28-22(29-12-11-23(24,25)26)30-15-20-5-3-4-6-21(20)19-9-7-18(8-10-19)16-31-14-13-27-17-31/h3-10,13-14,17H,2,11-12,15-16H2,1H3,(H2,28,29,30). The average molecular weight is 429 g/mol. The molecule has 0 bridgehead atoms. The Morgan fingerprint density at radius 2 is 1.84 bits per heavy atom. The van der Waals surface area contributed by atoms with Crippen molar-refractivity contribution in [2.24, 2.45) is 4.99 Å². The summed E-state index contributed by atoms with van der Waals surface area (Å²) in [5.74, 6) is 0.372. The lowest BCUT2D eigenvalue weighted by molar-refractivity contribution is -0.132. The molecule has 2 aromatic carbocycles. The van der Waals surface area contributed by atoms with E-state index in [1.165, 1.54) is 5.56 Å². The minimum Gasteiger partial charge on any atom is -0.357 e. The molecule has 1 heterocycles. The van der Waals surface area contributed by atoms with Gasteiger partial charge in [0.15, 0.2) is 5.96 Å². The van der Waals surface area contributed by atoms with Gasteiger partial charge in [-0.2, -0.15) is 13.2 Å². The molecule has 164 valence electrons. The molecule has 0 atom stereocenters. The molecule has 0 aliphatic rings. The molecular formula is C23H26F3N5. The van der Waals surface area contributed by atoms with E-state index in [2.05, 4.69) is 44.9 Å². The Kier molecular flexibility index (Phi) is 7.70. The zero-order valence-electron chi connectivity index (χ0n) is 17.4. The zero-order valence-corrected chi connectivity index (χ0v) is 17.4. The third kappa shape index (κ3) is 7.16. The van der Waals surface area contributed by atoms with Crippen LogP contribution in [0.5, 0.6) is 0 Å². The van der Waals surface area contributed by atoms with Gasteiger partial charge in [-0.05, 0) is 29.2 Å². The first-order chi connectivity index (χ1) is 14.9. The quantitative estimate of drug-likeness (QED) is 0.406. The summed E-state index contributed by atoms with van der Waals surface area (Å²) in [4.78, 5) is 8.53. The molecule has 2 N–H and O–H groups in total. The van der Waals surface area contributed by atoms with E-state index in [-0.39, 0.29) is 6.54 Å². The molecule has 0 unspecified atom stereocenters. The number of aromatic nitrogens is 2. The number of nitrogens with one attached hydrogen (secondary N) is 2. The number of benzene rings is 2. The second-order valence-electron chi connectivity index (χ2n) is 7.08. The van der Waals surface area contributed by atoms with Gasteiger partial charge in [0, 0.05) is 32.0 Å². The van der Waals surface area contributed by atoms with Crippen molar-refractivity contribution in [3.05, 3.63) is 78.4 Å². The minimum absolute atomic E-state index is 0.213. The van der Waals surface area contributed by atoms with Gasteiger partial charge >= 0.3 is 6.18 Å². The van der Waals surface area contributed by atoms with E-state index >= 15 is 0 Å². The number of guanidine groups is 1. The number of alkyl halides is 3. The summed E-state index contributed by atoms with van der Waals surface area (Å²) in [5.41, 5.74) is 4.28. The van der Waals surface area contributed by atoms with E-state index in [0.717, 1.165) is 23.2 Å². The molecule has 0 radical (unpaired) electrons. The Hall–Kier alpha value is -3.29. The van der Waals surface area contributed by atoms with Gasteiger partial charge in [0.1, 0.15) is 0 Å². The summed E-state index contributed by atoms with van der Waals surface area (Å²) in [6.45, 7) is 3.34. The van der Waals surface area contributed by atoms with Crippen LogP contribution in [-0.2, 0) is 13.1 Å². The fourth-order valence-electron chi connectivity index (χ4n) is 3.15. The van der Waals surface area contributed by atoms with Crippen molar-refractivity contribution in [2.45, 2.75) is 32.6 Å². The van der Waals surface area contributed by atoms with Crippen molar-refractivity contribution < 1.29 is 13.2 Å². The molecule has 0 saturated heterocycles. The number of aliphatic imine (C=N–C) groups is 1. The van der Waals surface area contributed by atoms with E-state index < -0.39 is 12.6 Å². The summed E-state index contributed by atoms with van der Waals surface area (Å²) in [6, 6.07) is 16.2. The first kappa shape index (κ1) is 22.4. The summed E-state index contributed by atoms with van der Waals surface area (Å²) >= 11 is 0. The normalized spacial score (nSPS) is 12.1. The number of hydrogen-bond acceptors (Lipinski definition) is 2. The Morgan fingerprint density at radius 3 is 2.52 bits per heavy atom. The highest BCUT2D eigenvalue weighted by Gasteiger charge is 2.26. The molecule has 0 spiro atoms. The van der Waals surface area contributed by atoms with E-state index in [0.29, 0.717) is 19.0 Å². The van der Waals surface area contributed by atoms with Crippen LogP contribution in [0.4, 0.5) is 13.2 Å². The maximum atomic E-state index is 12.4. The van der Waals surface area contributed by atoms with Crippen molar-refractivity contribution in [1.82, 2.24) is 20.2 Å². The van der Waals surface area contributed by atoms with Crippen LogP contribution in [0.15, 0.2) is 72.2 Å². The summed E-state index contributed by atoms with van der Waals surface area (Å²) < 4.78 is 39.2. The van der Waals surface area contributed by atoms with Crippen molar-refractivity contribution in [1.29, 1.82) is 0 Å². The summed E-state index contributed by atoms with van der Waals surface area (Å²) in [5, 5.41) is 5.74. The fourth-order valence-corrected chi connectivity index (χ4v) is 3.15. The molecule has 0 aliphatic heterocycles. The molecule has 31 heavy (non-hydrogen) atoms. The number of halogens is 3. The van der Waals surface area contributed by atoms with Crippen LogP contribution >= 0.6 is 0 Å². The highest BCUT2D eigenvalue weighted by Crippen LogP contribution is 2.25. The van der Waals surface area contributed by atoms with Gasteiger partial charge in [-0.3, -0.25) is 0 Å². The fraction of sp³-hybridized carbons (Fsp3) is 0.304. The predicted octanol–water partition coefficient (Wildman–Crippen LogP) is 4.61. The van der Waals surface area contributed by atoms with Crippen molar-refractivity contribution in [2.75, 3.05) is 13.1 Å². The topological polar surface area (TPSA) is 54.2 Å². The monoisotopic (exact) mass is 429 g/mol. The highest BCUT2D eigenvalue weighted by atomic mass is 19.4. The zero-order chi connectivity index (χ0) is 22.1. The van der Waals surface area contributed by atoms with Crippen LogP contribution in [0.2, 0.25) is 0 Å². The molecule has 0 fully saturated rings. The van der Waals surface area contributed by atoms with Crippen molar-refractivity contribution in [3.63, 3.8) is 0 Å². The smallest absolute Gasteiger partial charge is 0.357 e. The lowest BCUT2D eigenvalue weighted by Crippen LogP contribution is -2.38. The minimum atomic E-state index is -4.19. The number of imidazole rings is 1. The number of nitrogens with zero attached hydrogens (tertiary/aromatic N) is 3. The van der Waals surface area contributed by atoms with Crippen LogP contribution in [0, 0.1) is 0 Å². The molecule has 5 nitrogen and oxygen atoms in total. The van der Waals surface area contributed by atoms with Gasteiger partial charge in [0.2, 0.25) is 0 Å². The van der Waals surface area contributed by atoms with Gasteiger partial charge in [-0.1, -0.05) is 48.5 Å². The molecule has 8 heteroatoms. The highest BCUT2D eigenvalue weighted by molar-refractivity contribution is 5.80. The largest absolute Gasteiger partial charge is 0.390 e. The third-order valence-corrected chi connectivity index (χ3v) is 4.66. The number of hydrogen-bond donors (Lipinski definition) is 2. The maximum absolute atomic E-state index is 12.4. The Bertz CT molecular complexity index is 964. The first-order valence-electron chi connectivity index (χ1n) is 10.2. The van der Waals surface area contributed by atoms with Crippen LogP contribution in [0.25, 0.3) is 11.1 Å². The Morgan fingerprint density at radius 1 is 1.06 bits per heavy atom. The lowest BCUT2D eigenvalue weighted by Gasteiger charge is -2.13. The first-order valence-corrected chi connectivity index (χ1v) is 10.2. The lowest BCUT2D eigenvalue weighted by atomic mass is 9.98. The molecule has 3 aromatic rings. The van der Waals surface area contributed by atoms with Gasteiger partial charge in [0.25, 0.3) is 0 Å². The van der Waals surface area contributed by atoms with E-state index in [1.54, 1.807) is 12.5 Å². The molecule has 1 aromatic heterocycles. The third-order valence-electron chi connectivity index (χ3n) is 4.66. The van der Waals surface area contributed by atoms with E-state index in [4.69, 9.17) is 0 Å². The van der Waals surface area contributed by atoms with Crippen LogP contribution in [-0.4, -0.2) is 34.8 Å². The summed E-state index contributed by atoms with van der Waals surface area (Å²) in [6.07, 6.45) is 0.364. The van der Waals surface area contributed by atoms with Gasteiger partial charge in [-0.25, -0.2) is 9.98 Å². The van der Waals surface area contributed by atoms with Crippen molar-refractivity contribution >= 4 is 5.96 Å². The average Bonchev–Trinajstić information content (AvgIpc) is 3.25. The molecule has 0 amide bonds. The second-order valence-corrected chi connectivity index (χ2v) is 7.08. The molecular weight excluding hydrogens is 403 g/mol. The summed E-state index contributed by atoms with van der Waals surface area (Å²) in [7, 11) is 0.